The van der Waals surface area contributed by atoms with Crippen LogP contribution < -0.4 is 5.32 Å². The van der Waals surface area contributed by atoms with Crippen LogP contribution >= 0.6 is 0 Å². The minimum atomic E-state index is -0.404. The van der Waals surface area contributed by atoms with Gasteiger partial charge in [-0.15, -0.1) is 0 Å². The SMILES string of the molecule is CC(C)c1ccc(CN2CCN(CC(=O)Nc3ccccc3F)CC2)cc1. The topological polar surface area (TPSA) is 35.6 Å². The van der Waals surface area contributed by atoms with Gasteiger partial charge in [0.05, 0.1) is 12.2 Å². The van der Waals surface area contributed by atoms with Crippen LogP contribution in [0.3, 0.4) is 0 Å². The number of nitrogens with zero attached hydrogens (tertiary/aromatic N) is 2. The molecule has 1 N–H and O–H groups in total. The number of halogens is 1. The minimum Gasteiger partial charge on any atom is -0.322 e. The molecule has 1 heterocycles. The molecule has 3 rings (SSSR count). The molecule has 0 unspecified atom stereocenters. The molecule has 0 aromatic heterocycles. The molecule has 0 bridgehead atoms. The van der Waals surface area contributed by atoms with Gasteiger partial charge in [-0.3, -0.25) is 14.6 Å². The normalized spacial score (nSPS) is 15.9. The van der Waals surface area contributed by atoms with Gasteiger partial charge in [0.15, 0.2) is 0 Å². The molecule has 0 radical (unpaired) electrons. The van der Waals surface area contributed by atoms with Gasteiger partial charge < -0.3 is 5.32 Å². The highest BCUT2D eigenvalue weighted by atomic mass is 19.1. The molecule has 1 fully saturated rings. The summed E-state index contributed by atoms with van der Waals surface area (Å²) in [6.45, 7) is 9.19. The van der Waals surface area contributed by atoms with Crippen molar-refractivity contribution in [1.82, 2.24) is 9.80 Å². The first-order valence-electron chi connectivity index (χ1n) is 9.59. The summed E-state index contributed by atoms with van der Waals surface area (Å²) in [6, 6.07) is 15.1. The van der Waals surface area contributed by atoms with Gasteiger partial charge in [-0.2, -0.15) is 0 Å². The van der Waals surface area contributed by atoms with Crippen molar-refractivity contribution >= 4 is 11.6 Å². The van der Waals surface area contributed by atoms with Crippen LogP contribution in [0.1, 0.15) is 30.9 Å². The van der Waals surface area contributed by atoms with Crippen molar-refractivity contribution in [3.05, 3.63) is 65.5 Å². The Bertz CT molecular complexity index is 752. The Kier molecular flexibility index (Phi) is 6.58. The summed E-state index contributed by atoms with van der Waals surface area (Å²) in [7, 11) is 0. The van der Waals surface area contributed by atoms with E-state index in [0.717, 1.165) is 32.7 Å². The van der Waals surface area contributed by atoms with Gasteiger partial charge in [-0.05, 0) is 29.2 Å². The Balaban J connectivity index is 1.43. The quantitative estimate of drug-likeness (QED) is 0.843. The second-order valence-electron chi connectivity index (χ2n) is 7.48. The average Bonchev–Trinajstić information content (AvgIpc) is 2.66. The molecule has 5 heteroatoms. The van der Waals surface area contributed by atoms with Gasteiger partial charge in [-0.1, -0.05) is 50.2 Å². The Labute approximate surface area is 161 Å². The third-order valence-corrected chi connectivity index (χ3v) is 5.03. The van der Waals surface area contributed by atoms with Crippen LogP contribution in [0.2, 0.25) is 0 Å². The third kappa shape index (κ3) is 5.62. The summed E-state index contributed by atoms with van der Waals surface area (Å²) >= 11 is 0. The highest BCUT2D eigenvalue weighted by Crippen LogP contribution is 2.16. The molecule has 144 valence electrons. The van der Waals surface area contributed by atoms with E-state index in [1.54, 1.807) is 18.2 Å². The van der Waals surface area contributed by atoms with Crippen molar-refractivity contribution in [2.45, 2.75) is 26.3 Å². The van der Waals surface area contributed by atoms with E-state index in [-0.39, 0.29) is 11.6 Å². The molecule has 0 aliphatic carbocycles. The molecule has 1 saturated heterocycles. The maximum absolute atomic E-state index is 13.6. The van der Waals surface area contributed by atoms with Crippen LogP contribution in [0.5, 0.6) is 0 Å². The lowest BCUT2D eigenvalue weighted by Gasteiger charge is -2.34. The first-order valence-corrected chi connectivity index (χ1v) is 9.59. The fourth-order valence-electron chi connectivity index (χ4n) is 3.33. The fourth-order valence-corrected chi connectivity index (χ4v) is 3.33. The number of carbonyl (C=O) groups is 1. The number of benzene rings is 2. The van der Waals surface area contributed by atoms with Crippen LogP contribution in [0.25, 0.3) is 0 Å². The van der Waals surface area contributed by atoms with Crippen LogP contribution in [-0.4, -0.2) is 48.4 Å². The Hall–Kier alpha value is -2.24. The molecule has 0 spiro atoms. The molecule has 1 aliphatic rings. The lowest BCUT2D eigenvalue weighted by molar-refractivity contribution is -0.117. The molecular weight excluding hydrogens is 341 g/mol. The predicted octanol–water partition coefficient (Wildman–Crippen LogP) is 3.71. The van der Waals surface area contributed by atoms with Gasteiger partial charge in [0, 0.05) is 32.7 Å². The predicted molar refractivity (Wildman–Crippen MR) is 107 cm³/mol. The Morgan fingerprint density at radius 1 is 1.00 bits per heavy atom. The number of piperazine rings is 1. The van der Waals surface area contributed by atoms with Crippen molar-refractivity contribution in [3.8, 4) is 0 Å². The lowest BCUT2D eigenvalue weighted by atomic mass is 10.0. The highest BCUT2D eigenvalue weighted by Gasteiger charge is 2.19. The molecule has 1 aliphatic heterocycles. The summed E-state index contributed by atoms with van der Waals surface area (Å²) in [5, 5.41) is 2.65. The zero-order chi connectivity index (χ0) is 19.2. The van der Waals surface area contributed by atoms with E-state index >= 15 is 0 Å². The molecule has 1 amide bonds. The van der Waals surface area contributed by atoms with E-state index in [4.69, 9.17) is 0 Å². The zero-order valence-corrected chi connectivity index (χ0v) is 16.1. The van der Waals surface area contributed by atoms with Crippen molar-refractivity contribution in [3.63, 3.8) is 0 Å². The van der Waals surface area contributed by atoms with Gasteiger partial charge in [0.25, 0.3) is 0 Å². The summed E-state index contributed by atoms with van der Waals surface area (Å²) in [5.74, 6) is -0.0184. The van der Waals surface area contributed by atoms with Crippen molar-refractivity contribution < 1.29 is 9.18 Å². The molecule has 27 heavy (non-hydrogen) atoms. The van der Waals surface area contributed by atoms with Crippen molar-refractivity contribution in [1.29, 1.82) is 0 Å². The van der Waals surface area contributed by atoms with Crippen LogP contribution in [0.4, 0.5) is 10.1 Å². The highest BCUT2D eigenvalue weighted by molar-refractivity contribution is 5.92. The number of amides is 1. The number of carbonyl (C=O) groups excluding carboxylic acids is 1. The largest absolute Gasteiger partial charge is 0.322 e. The molecule has 2 aromatic carbocycles. The smallest absolute Gasteiger partial charge is 0.238 e. The van der Waals surface area contributed by atoms with Gasteiger partial charge in [-0.25, -0.2) is 4.39 Å². The number of hydrogen-bond acceptors (Lipinski definition) is 3. The summed E-state index contributed by atoms with van der Waals surface area (Å²) in [6.07, 6.45) is 0. The van der Waals surface area contributed by atoms with Gasteiger partial charge in [0.2, 0.25) is 5.91 Å². The zero-order valence-electron chi connectivity index (χ0n) is 16.1. The number of rotatable bonds is 6. The monoisotopic (exact) mass is 369 g/mol. The van der Waals surface area contributed by atoms with E-state index in [0.29, 0.717) is 12.5 Å². The molecule has 0 atom stereocenters. The van der Waals surface area contributed by atoms with E-state index in [1.807, 2.05) is 0 Å². The van der Waals surface area contributed by atoms with Crippen LogP contribution in [0.15, 0.2) is 48.5 Å². The van der Waals surface area contributed by atoms with Gasteiger partial charge >= 0.3 is 0 Å². The molecule has 4 nitrogen and oxygen atoms in total. The second-order valence-corrected chi connectivity index (χ2v) is 7.48. The van der Waals surface area contributed by atoms with E-state index in [1.165, 1.54) is 17.2 Å². The summed E-state index contributed by atoms with van der Waals surface area (Å²) < 4.78 is 13.6. The maximum atomic E-state index is 13.6. The van der Waals surface area contributed by atoms with Gasteiger partial charge in [0.1, 0.15) is 5.82 Å². The Morgan fingerprint density at radius 2 is 1.63 bits per heavy atom. The van der Waals surface area contributed by atoms with Crippen molar-refractivity contribution in [2.24, 2.45) is 0 Å². The first kappa shape index (κ1) is 19.5. The average molecular weight is 369 g/mol. The fraction of sp³-hybridized carbons (Fsp3) is 0.409. The number of nitrogens with one attached hydrogen (secondary N) is 1. The standard InChI is InChI=1S/C22H28FN3O/c1-17(2)19-9-7-18(8-10-19)15-25-11-13-26(14-12-25)16-22(27)24-21-6-4-3-5-20(21)23/h3-10,17H,11-16H2,1-2H3,(H,24,27). The maximum Gasteiger partial charge on any atom is 0.238 e. The summed E-state index contributed by atoms with van der Waals surface area (Å²) in [5.41, 5.74) is 2.93. The minimum absolute atomic E-state index is 0.169. The van der Waals surface area contributed by atoms with Crippen molar-refractivity contribution in [2.75, 3.05) is 38.0 Å². The lowest BCUT2D eigenvalue weighted by Crippen LogP contribution is -2.48. The summed E-state index contributed by atoms with van der Waals surface area (Å²) in [4.78, 5) is 16.7. The Morgan fingerprint density at radius 3 is 2.26 bits per heavy atom. The molecule has 0 saturated carbocycles. The molecular formula is C22H28FN3O. The van der Waals surface area contributed by atoms with Crippen LogP contribution in [-0.2, 0) is 11.3 Å². The number of anilines is 1. The third-order valence-electron chi connectivity index (χ3n) is 5.03. The number of hydrogen-bond donors (Lipinski definition) is 1. The number of para-hydroxylation sites is 1. The molecule has 2 aromatic rings. The van der Waals surface area contributed by atoms with E-state index < -0.39 is 5.82 Å². The first-order chi connectivity index (χ1) is 13.0. The van der Waals surface area contributed by atoms with Crippen LogP contribution in [0, 0.1) is 5.82 Å². The van der Waals surface area contributed by atoms with E-state index in [2.05, 4.69) is 53.2 Å². The van der Waals surface area contributed by atoms with E-state index in [9.17, 15) is 9.18 Å². The second kappa shape index (κ2) is 9.11.